The van der Waals surface area contributed by atoms with Gasteiger partial charge in [0.2, 0.25) is 0 Å². The third kappa shape index (κ3) is 6.21. The maximum Gasteiger partial charge on any atom is 0.407 e. The van der Waals surface area contributed by atoms with Crippen molar-refractivity contribution in [3.05, 3.63) is 35.7 Å². The Morgan fingerprint density at radius 2 is 2.11 bits per heavy atom. The van der Waals surface area contributed by atoms with Crippen LogP contribution in [0.15, 0.2) is 24.4 Å². The summed E-state index contributed by atoms with van der Waals surface area (Å²) >= 11 is 5.01. The number of benzene rings is 1. The van der Waals surface area contributed by atoms with Gasteiger partial charge in [0.05, 0.1) is 30.3 Å². The summed E-state index contributed by atoms with van der Waals surface area (Å²) < 4.78 is 12.2. The number of ether oxygens (including phenoxy) is 2. The van der Waals surface area contributed by atoms with Crippen LogP contribution in [-0.2, 0) is 11.2 Å². The monoisotopic (exact) mass is 391 g/mol. The van der Waals surface area contributed by atoms with Gasteiger partial charge in [-0.2, -0.15) is 0 Å². The first kappa shape index (κ1) is 20.6. The summed E-state index contributed by atoms with van der Waals surface area (Å²) in [5.41, 5.74) is 7.46. The Bertz CT molecular complexity index is 814. The molecule has 1 heterocycles. The van der Waals surface area contributed by atoms with Crippen molar-refractivity contribution in [1.29, 1.82) is 0 Å². The topological polar surface area (TPSA) is 104 Å². The molecule has 0 saturated heterocycles. The number of nitrogens with zero attached hydrogens (tertiary/aromatic N) is 3. The minimum Gasteiger partial charge on any atom is -0.496 e. The summed E-state index contributed by atoms with van der Waals surface area (Å²) in [7, 11) is 1.56. The maximum atomic E-state index is 11.6. The Morgan fingerprint density at radius 1 is 1.37 bits per heavy atom. The van der Waals surface area contributed by atoms with Crippen LogP contribution in [0.4, 0.5) is 4.79 Å². The highest BCUT2D eigenvalue weighted by Gasteiger charge is 2.15. The van der Waals surface area contributed by atoms with Crippen molar-refractivity contribution in [1.82, 2.24) is 20.3 Å². The lowest BCUT2D eigenvalue weighted by molar-refractivity contribution is 0.0527. The molecule has 9 heteroatoms. The van der Waals surface area contributed by atoms with Crippen LogP contribution < -0.4 is 15.8 Å². The van der Waals surface area contributed by atoms with E-state index in [1.807, 2.05) is 33.0 Å². The Morgan fingerprint density at radius 3 is 2.74 bits per heavy atom. The largest absolute Gasteiger partial charge is 0.496 e. The number of carbonyl (C=O) groups is 1. The van der Waals surface area contributed by atoms with E-state index in [0.29, 0.717) is 24.3 Å². The smallest absolute Gasteiger partial charge is 0.407 e. The van der Waals surface area contributed by atoms with Gasteiger partial charge in [-0.3, -0.25) is 0 Å². The molecule has 27 heavy (non-hydrogen) atoms. The van der Waals surface area contributed by atoms with E-state index < -0.39 is 11.7 Å². The quantitative estimate of drug-likeness (QED) is 0.551. The molecule has 1 amide bonds. The van der Waals surface area contributed by atoms with E-state index in [4.69, 9.17) is 27.4 Å². The molecule has 0 aliphatic heterocycles. The molecule has 3 N–H and O–H groups in total. The molecule has 0 aliphatic carbocycles. The lowest BCUT2D eigenvalue weighted by Crippen LogP contribution is -2.33. The Balaban J connectivity index is 1.91. The number of aromatic nitrogens is 3. The molecule has 0 fully saturated rings. The minimum absolute atomic E-state index is 0.273. The summed E-state index contributed by atoms with van der Waals surface area (Å²) in [6, 6.07) is 5.44. The Labute approximate surface area is 164 Å². The first-order valence-electron chi connectivity index (χ1n) is 8.56. The third-order valence-corrected chi connectivity index (χ3v) is 3.75. The first-order chi connectivity index (χ1) is 12.7. The molecule has 1 aromatic carbocycles. The number of amides is 1. The summed E-state index contributed by atoms with van der Waals surface area (Å²) in [6.07, 6.45) is 2.82. The van der Waals surface area contributed by atoms with Crippen molar-refractivity contribution >= 4 is 23.3 Å². The summed E-state index contributed by atoms with van der Waals surface area (Å²) in [6.45, 7) is 5.98. The summed E-state index contributed by atoms with van der Waals surface area (Å²) in [4.78, 5) is 11.9. The van der Waals surface area contributed by atoms with Crippen molar-refractivity contribution in [3.8, 4) is 11.4 Å². The molecule has 0 radical (unpaired) electrons. The van der Waals surface area contributed by atoms with Gasteiger partial charge in [-0.25, -0.2) is 9.48 Å². The highest BCUT2D eigenvalue weighted by Crippen LogP contribution is 2.22. The van der Waals surface area contributed by atoms with Gasteiger partial charge >= 0.3 is 6.09 Å². The van der Waals surface area contributed by atoms with Crippen LogP contribution >= 0.6 is 12.2 Å². The lowest BCUT2D eigenvalue weighted by Gasteiger charge is -2.19. The second kappa shape index (κ2) is 8.81. The highest BCUT2D eigenvalue weighted by atomic mass is 32.1. The van der Waals surface area contributed by atoms with Gasteiger partial charge in [-0.05, 0) is 45.7 Å². The number of thiocarbonyl (C=S) groups is 1. The molecule has 0 spiro atoms. The molecule has 2 rings (SSSR count). The molecule has 0 aliphatic rings. The zero-order valence-electron chi connectivity index (χ0n) is 16.0. The van der Waals surface area contributed by atoms with Crippen LogP contribution in [0.2, 0.25) is 0 Å². The number of hydrogen-bond donors (Lipinski definition) is 2. The van der Waals surface area contributed by atoms with E-state index in [9.17, 15) is 4.79 Å². The SMILES string of the molecule is COc1cc(-n2cc(CCCNC(=O)OC(C)(C)C)nn2)ccc1C(N)=S. The van der Waals surface area contributed by atoms with Gasteiger partial charge in [-0.15, -0.1) is 5.10 Å². The Kier molecular flexibility index (Phi) is 6.73. The van der Waals surface area contributed by atoms with E-state index >= 15 is 0 Å². The highest BCUT2D eigenvalue weighted by molar-refractivity contribution is 7.80. The fourth-order valence-corrected chi connectivity index (χ4v) is 2.51. The molecule has 0 atom stereocenters. The molecule has 8 nitrogen and oxygen atoms in total. The molecule has 0 bridgehead atoms. The van der Waals surface area contributed by atoms with Crippen molar-refractivity contribution in [3.63, 3.8) is 0 Å². The van der Waals surface area contributed by atoms with Crippen molar-refractivity contribution < 1.29 is 14.3 Å². The molecule has 2 aromatic rings. The average molecular weight is 391 g/mol. The number of alkyl carbamates (subject to hydrolysis) is 1. The van der Waals surface area contributed by atoms with E-state index in [1.165, 1.54) is 0 Å². The van der Waals surface area contributed by atoms with Crippen LogP contribution in [0.3, 0.4) is 0 Å². The predicted molar refractivity (Wildman–Crippen MR) is 106 cm³/mol. The van der Waals surface area contributed by atoms with Gasteiger partial charge < -0.3 is 20.5 Å². The third-order valence-electron chi connectivity index (χ3n) is 3.53. The standard InChI is InChI=1S/C18H25N5O3S/c1-18(2,3)26-17(24)20-9-5-6-12-11-23(22-21-12)13-7-8-14(16(19)27)15(10-13)25-4/h7-8,10-11H,5-6,9H2,1-4H3,(H2,19,27)(H,20,24). The maximum absolute atomic E-state index is 11.6. The number of carbonyl (C=O) groups excluding carboxylic acids is 1. The number of rotatable bonds is 7. The summed E-state index contributed by atoms with van der Waals surface area (Å²) in [5.74, 6) is 0.582. The van der Waals surface area contributed by atoms with Gasteiger partial charge in [-0.1, -0.05) is 17.4 Å². The number of hydrogen-bond acceptors (Lipinski definition) is 6. The van der Waals surface area contributed by atoms with E-state index in [-0.39, 0.29) is 4.99 Å². The lowest BCUT2D eigenvalue weighted by atomic mass is 10.2. The number of methoxy groups -OCH3 is 1. The van der Waals surface area contributed by atoms with E-state index in [1.54, 1.807) is 23.9 Å². The second-order valence-electron chi connectivity index (χ2n) is 6.94. The molecule has 0 unspecified atom stereocenters. The zero-order valence-corrected chi connectivity index (χ0v) is 16.8. The average Bonchev–Trinajstić information content (AvgIpc) is 3.05. The normalized spacial score (nSPS) is 11.1. The second-order valence-corrected chi connectivity index (χ2v) is 7.38. The van der Waals surface area contributed by atoms with Crippen LogP contribution in [0.5, 0.6) is 5.75 Å². The predicted octanol–water partition coefficient (Wildman–Crippen LogP) is 2.37. The van der Waals surface area contributed by atoms with Crippen LogP contribution in [0.25, 0.3) is 5.69 Å². The first-order valence-corrected chi connectivity index (χ1v) is 8.97. The zero-order chi connectivity index (χ0) is 20.0. The van der Waals surface area contributed by atoms with Crippen molar-refractivity contribution in [2.45, 2.75) is 39.2 Å². The summed E-state index contributed by atoms with van der Waals surface area (Å²) in [5, 5.41) is 11.0. The number of nitrogens with two attached hydrogens (primary N) is 1. The van der Waals surface area contributed by atoms with E-state index in [2.05, 4.69) is 15.6 Å². The van der Waals surface area contributed by atoms with Gasteiger partial charge in [0, 0.05) is 12.6 Å². The number of nitrogens with one attached hydrogen (secondary N) is 1. The van der Waals surface area contributed by atoms with Gasteiger partial charge in [0.15, 0.2) is 0 Å². The van der Waals surface area contributed by atoms with Crippen LogP contribution in [0.1, 0.15) is 38.4 Å². The molecule has 146 valence electrons. The van der Waals surface area contributed by atoms with Crippen LogP contribution in [-0.4, -0.2) is 45.3 Å². The Hall–Kier alpha value is -2.68. The molecular weight excluding hydrogens is 366 g/mol. The fraction of sp³-hybridized carbons (Fsp3) is 0.444. The molecule has 0 saturated carbocycles. The van der Waals surface area contributed by atoms with Crippen molar-refractivity contribution in [2.75, 3.05) is 13.7 Å². The minimum atomic E-state index is -0.503. The van der Waals surface area contributed by atoms with Gasteiger partial charge in [0.1, 0.15) is 16.3 Å². The van der Waals surface area contributed by atoms with Crippen LogP contribution in [0, 0.1) is 0 Å². The fourth-order valence-electron chi connectivity index (χ4n) is 2.34. The van der Waals surface area contributed by atoms with Gasteiger partial charge in [0.25, 0.3) is 0 Å². The number of aryl methyl sites for hydroxylation is 1. The van der Waals surface area contributed by atoms with E-state index in [0.717, 1.165) is 17.8 Å². The van der Waals surface area contributed by atoms with Crippen molar-refractivity contribution in [2.24, 2.45) is 5.73 Å². The molecular formula is C18H25N5O3S. The molecule has 1 aromatic heterocycles.